The molecule has 1 saturated heterocycles. The van der Waals surface area contributed by atoms with Crippen molar-refractivity contribution in [3.63, 3.8) is 0 Å². The Morgan fingerprint density at radius 1 is 0.966 bits per heavy atom. The van der Waals surface area contributed by atoms with Crippen molar-refractivity contribution in [3.05, 3.63) is 71.8 Å². The summed E-state index contributed by atoms with van der Waals surface area (Å²) in [6, 6.07) is 20.6. The molecule has 0 aromatic heterocycles. The number of benzene rings is 2. The minimum atomic E-state index is -0.543. The lowest BCUT2D eigenvalue weighted by atomic mass is 9.88. The summed E-state index contributed by atoms with van der Waals surface area (Å²) in [7, 11) is 0. The zero-order chi connectivity index (χ0) is 18.9. The molecule has 1 heterocycles. The normalized spacial score (nSPS) is 15.4. The summed E-state index contributed by atoms with van der Waals surface area (Å²) in [6.07, 6.45) is 2.44. The molecule has 0 saturated carbocycles. The third-order valence-corrected chi connectivity index (χ3v) is 4.93. The molecule has 0 bridgehead atoms. The SMILES string of the molecule is Cl.Cl.NC(CC(c1ccccc1)c1ccccc1)=NOCC(O)CN1CCCC1. The van der Waals surface area contributed by atoms with Gasteiger partial charge in [0.1, 0.15) is 18.5 Å². The molecule has 5 nitrogen and oxygen atoms in total. The van der Waals surface area contributed by atoms with E-state index in [1.54, 1.807) is 0 Å². The van der Waals surface area contributed by atoms with Gasteiger partial charge in [-0.1, -0.05) is 65.8 Å². The summed E-state index contributed by atoms with van der Waals surface area (Å²) in [5, 5.41) is 14.1. The molecule has 2 aromatic carbocycles. The van der Waals surface area contributed by atoms with Gasteiger partial charge in [-0.05, 0) is 37.1 Å². The van der Waals surface area contributed by atoms with Gasteiger partial charge in [-0.2, -0.15) is 0 Å². The molecule has 1 unspecified atom stereocenters. The minimum absolute atomic E-state index is 0. The fourth-order valence-corrected chi connectivity index (χ4v) is 3.57. The summed E-state index contributed by atoms with van der Waals surface area (Å²) >= 11 is 0. The number of likely N-dealkylation sites (tertiary alicyclic amines) is 1. The first-order chi connectivity index (χ1) is 13.2. The van der Waals surface area contributed by atoms with Crippen molar-refractivity contribution in [2.45, 2.75) is 31.3 Å². The number of β-amino-alcohol motifs (C(OH)–C–C–N with tert-alkyl or cyclic N) is 1. The molecule has 3 rings (SSSR count). The molecule has 1 aliphatic rings. The van der Waals surface area contributed by atoms with Crippen LogP contribution in [0.1, 0.15) is 36.3 Å². The number of oxime groups is 1. The Morgan fingerprint density at radius 2 is 1.48 bits per heavy atom. The van der Waals surface area contributed by atoms with Gasteiger partial charge in [0, 0.05) is 18.9 Å². The van der Waals surface area contributed by atoms with E-state index in [1.807, 2.05) is 36.4 Å². The second kappa shape index (κ2) is 13.4. The number of halogens is 2. The van der Waals surface area contributed by atoms with Gasteiger partial charge in [0.15, 0.2) is 0 Å². The Morgan fingerprint density at radius 3 is 2.00 bits per heavy atom. The van der Waals surface area contributed by atoms with Crippen LogP contribution in [0.4, 0.5) is 0 Å². The Bertz CT molecular complexity index is 671. The van der Waals surface area contributed by atoms with Crippen LogP contribution in [0.25, 0.3) is 0 Å². The van der Waals surface area contributed by atoms with Crippen molar-refractivity contribution in [2.75, 3.05) is 26.2 Å². The van der Waals surface area contributed by atoms with Crippen LogP contribution in [-0.2, 0) is 4.84 Å². The average Bonchev–Trinajstić information content (AvgIpc) is 3.20. The van der Waals surface area contributed by atoms with Gasteiger partial charge in [0.2, 0.25) is 0 Å². The van der Waals surface area contributed by atoms with Crippen LogP contribution in [0.2, 0.25) is 0 Å². The fraction of sp³-hybridized carbons (Fsp3) is 0.409. The van der Waals surface area contributed by atoms with Crippen molar-refractivity contribution in [1.29, 1.82) is 0 Å². The van der Waals surface area contributed by atoms with E-state index >= 15 is 0 Å². The first kappa shape index (κ1) is 25.2. The summed E-state index contributed by atoms with van der Waals surface area (Å²) in [5.74, 6) is 0.551. The largest absolute Gasteiger partial charge is 0.392 e. The smallest absolute Gasteiger partial charge is 0.144 e. The summed E-state index contributed by atoms with van der Waals surface area (Å²) in [6.45, 7) is 2.90. The van der Waals surface area contributed by atoms with E-state index < -0.39 is 6.10 Å². The van der Waals surface area contributed by atoms with Crippen LogP contribution in [0, 0.1) is 0 Å². The Hall–Kier alpha value is -1.79. The van der Waals surface area contributed by atoms with Crippen LogP contribution in [0.15, 0.2) is 65.8 Å². The van der Waals surface area contributed by atoms with Gasteiger partial charge in [-0.3, -0.25) is 0 Å². The standard InChI is InChI=1S/C22H29N3O2.2ClH/c23-22(24-27-17-20(26)16-25-13-7-8-14-25)15-21(18-9-3-1-4-10-18)19-11-5-2-6-12-19;;/h1-6,9-12,20-21,26H,7-8,13-17H2,(H2,23,24);2*1H. The van der Waals surface area contributed by atoms with Gasteiger partial charge < -0.3 is 20.6 Å². The maximum Gasteiger partial charge on any atom is 0.144 e. The van der Waals surface area contributed by atoms with E-state index in [0.29, 0.717) is 18.8 Å². The number of hydrogen-bond acceptors (Lipinski definition) is 4. The highest BCUT2D eigenvalue weighted by atomic mass is 35.5. The number of nitrogens with two attached hydrogens (primary N) is 1. The maximum atomic E-state index is 10.1. The molecular formula is C22H31Cl2N3O2. The lowest BCUT2D eigenvalue weighted by Gasteiger charge is -2.19. The van der Waals surface area contributed by atoms with Crippen LogP contribution < -0.4 is 5.73 Å². The highest BCUT2D eigenvalue weighted by molar-refractivity contribution is 5.85. The predicted octanol–water partition coefficient (Wildman–Crippen LogP) is 3.80. The summed E-state index contributed by atoms with van der Waals surface area (Å²) < 4.78 is 0. The zero-order valence-electron chi connectivity index (χ0n) is 16.5. The lowest BCUT2D eigenvalue weighted by Crippen LogP contribution is -2.32. The Kier molecular flexibility index (Phi) is 11.7. The van der Waals surface area contributed by atoms with Gasteiger partial charge in [0.25, 0.3) is 0 Å². The Balaban J connectivity index is 0.00000210. The number of rotatable bonds is 9. The van der Waals surface area contributed by atoms with Gasteiger partial charge in [-0.25, -0.2) is 0 Å². The van der Waals surface area contributed by atoms with E-state index in [4.69, 9.17) is 10.6 Å². The molecular weight excluding hydrogens is 409 g/mol. The van der Waals surface area contributed by atoms with Crippen molar-refractivity contribution in [1.82, 2.24) is 4.90 Å². The summed E-state index contributed by atoms with van der Waals surface area (Å²) in [4.78, 5) is 7.58. The van der Waals surface area contributed by atoms with E-state index in [1.165, 1.54) is 24.0 Å². The molecule has 160 valence electrons. The lowest BCUT2D eigenvalue weighted by molar-refractivity contribution is 0.0226. The molecule has 1 fully saturated rings. The van der Waals surface area contributed by atoms with Crippen molar-refractivity contribution in [3.8, 4) is 0 Å². The molecule has 2 aromatic rings. The van der Waals surface area contributed by atoms with Crippen molar-refractivity contribution < 1.29 is 9.94 Å². The monoisotopic (exact) mass is 439 g/mol. The second-order valence-corrected chi connectivity index (χ2v) is 7.12. The fourth-order valence-electron chi connectivity index (χ4n) is 3.57. The molecule has 1 atom stereocenters. The first-order valence-corrected chi connectivity index (χ1v) is 9.67. The van der Waals surface area contributed by atoms with Crippen LogP contribution in [-0.4, -0.2) is 48.2 Å². The van der Waals surface area contributed by atoms with Crippen LogP contribution in [0.3, 0.4) is 0 Å². The van der Waals surface area contributed by atoms with E-state index in [0.717, 1.165) is 13.1 Å². The molecule has 3 N–H and O–H groups in total. The number of hydrogen-bond donors (Lipinski definition) is 2. The van der Waals surface area contributed by atoms with Gasteiger partial charge in [-0.15, -0.1) is 24.8 Å². The molecule has 29 heavy (non-hydrogen) atoms. The van der Waals surface area contributed by atoms with E-state index in [-0.39, 0.29) is 37.3 Å². The number of amidine groups is 1. The first-order valence-electron chi connectivity index (χ1n) is 9.67. The Labute approximate surface area is 185 Å². The second-order valence-electron chi connectivity index (χ2n) is 7.12. The van der Waals surface area contributed by atoms with Crippen molar-refractivity contribution >= 4 is 30.6 Å². The summed E-state index contributed by atoms with van der Waals surface area (Å²) in [5.41, 5.74) is 8.51. The van der Waals surface area contributed by atoms with E-state index in [9.17, 15) is 5.11 Å². The van der Waals surface area contributed by atoms with Gasteiger partial charge in [0.05, 0.1) is 0 Å². The van der Waals surface area contributed by atoms with Crippen molar-refractivity contribution in [2.24, 2.45) is 10.9 Å². The quantitative estimate of drug-likeness (QED) is 0.354. The minimum Gasteiger partial charge on any atom is -0.392 e. The molecule has 0 spiro atoms. The molecule has 0 aliphatic carbocycles. The zero-order valence-corrected chi connectivity index (χ0v) is 18.2. The van der Waals surface area contributed by atoms with Crippen LogP contribution >= 0.6 is 24.8 Å². The highest BCUT2D eigenvalue weighted by Crippen LogP contribution is 2.27. The third-order valence-electron chi connectivity index (χ3n) is 4.93. The topological polar surface area (TPSA) is 71.1 Å². The molecule has 0 radical (unpaired) electrons. The third kappa shape index (κ3) is 8.23. The molecule has 1 aliphatic heterocycles. The van der Waals surface area contributed by atoms with Gasteiger partial charge >= 0.3 is 0 Å². The average molecular weight is 440 g/mol. The molecule has 0 amide bonds. The number of nitrogens with zero attached hydrogens (tertiary/aromatic N) is 2. The maximum absolute atomic E-state index is 10.1. The number of aliphatic hydroxyl groups excluding tert-OH is 1. The number of aliphatic hydroxyl groups is 1. The highest BCUT2D eigenvalue weighted by Gasteiger charge is 2.17. The predicted molar refractivity (Wildman–Crippen MR) is 123 cm³/mol. The van der Waals surface area contributed by atoms with Crippen LogP contribution in [0.5, 0.6) is 0 Å². The van der Waals surface area contributed by atoms with E-state index in [2.05, 4.69) is 34.3 Å². The molecule has 7 heteroatoms.